The Morgan fingerprint density at radius 1 is 0.950 bits per heavy atom. The van der Waals surface area contributed by atoms with Crippen molar-refractivity contribution in [2.45, 2.75) is 50.2 Å². The van der Waals surface area contributed by atoms with Gasteiger partial charge in [-0.3, -0.25) is 4.79 Å². The van der Waals surface area contributed by atoms with Gasteiger partial charge in [0.2, 0.25) is 5.78 Å². The van der Waals surface area contributed by atoms with E-state index in [1.165, 1.54) is 56.5 Å². The molecule has 1 heterocycles. The maximum atomic E-state index is 13.0. The van der Waals surface area contributed by atoms with Crippen molar-refractivity contribution in [3.8, 4) is 0 Å². The van der Waals surface area contributed by atoms with Crippen molar-refractivity contribution in [2.75, 3.05) is 11.5 Å². The first-order valence-electron chi connectivity index (χ1n) is 8.12. The van der Waals surface area contributed by atoms with E-state index in [1.54, 1.807) is 0 Å². The standard InChI is InChI=1S/C18H25OS/c19-17(15-9-3-1-4-10-15)18(20-13-7-8-14-20)16-11-5-2-6-12-16/h1,3-4,9-10,16,18H,2,5-8,11-14H2/q+1. The Morgan fingerprint density at radius 2 is 1.60 bits per heavy atom. The summed E-state index contributed by atoms with van der Waals surface area (Å²) in [5, 5.41) is 0.334. The molecule has 1 atom stereocenters. The molecule has 2 heteroatoms. The van der Waals surface area contributed by atoms with Crippen LogP contribution in [0.5, 0.6) is 0 Å². The van der Waals surface area contributed by atoms with Gasteiger partial charge in [0, 0.05) is 11.5 Å². The van der Waals surface area contributed by atoms with Crippen LogP contribution in [0.25, 0.3) is 0 Å². The van der Waals surface area contributed by atoms with Gasteiger partial charge in [-0.2, -0.15) is 0 Å². The average molecular weight is 289 g/mol. The van der Waals surface area contributed by atoms with Gasteiger partial charge in [-0.15, -0.1) is 0 Å². The predicted molar refractivity (Wildman–Crippen MR) is 87.5 cm³/mol. The maximum absolute atomic E-state index is 13.0. The van der Waals surface area contributed by atoms with Crippen molar-refractivity contribution >= 4 is 16.7 Å². The Labute approximate surface area is 125 Å². The molecule has 0 N–H and O–H groups in total. The van der Waals surface area contributed by atoms with Crippen LogP contribution in [0.1, 0.15) is 55.3 Å². The van der Waals surface area contributed by atoms with Crippen LogP contribution < -0.4 is 0 Å². The number of carbonyl (C=O) groups is 1. The number of benzene rings is 1. The third-order valence-electron chi connectivity index (χ3n) is 4.82. The summed E-state index contributed by atoms with van der Waals surface area (Å²) >= 11 is 0. The van der Waals surface area contributed by atoms with Gasteiger partial charge in [-0.25, -0.2) is 0 Å². The lowest BCUT2D eigenvalue weighted by Crippen LogP contribution is -2.39. The molecule has 0 spiro atoms. The van der Waals surface area contributed by atoms with Crippen LogP contribution in [0.4, 0.5) is 0 Å². The molecule has 3 rings (SSSR count). The zero-order valence-corrected chi connectivity index (χ0v) is 13.0. The molecular formula is C18H25OS+. The number of rotatable bonds is 4. The summed E-state index contributed by atoms with van der Waals surface area (Å²) in [6.07, 6.45) is 9.29. The molecule has 0 radical (unpaired) electrons. The molecule has 0 bridgehead atoms. The minimum Gasteiger partial charge on any atom is -0.288 e. The minimum atomic E-state index is 0.334. The third-order valence-corrected chi connectivity index (χ3v) is 7.76. The molecule has 1 aliphatic heterocycles. The summed E-state index contributed by atoms with van der Waals surface area (Å²) < 4.78 is 0. The molecule has 1 saturated carbocycles. The summed E-state index contributed by atoms with van der Waals surface area (Å²) in [4.78, 5) is 13.0. The Bertz CT molecular complexity index is 430. The fourth-order valence-corrected chi connectivity index (χ4v) is 6.89. The van der Waals surface area contributed by atoms with Gasteiger partial charge < -0.3 is 0 Å². The summed E-state index contributed by atoms with van der Waals surface area (Å²) in [6.45, 7) is 0. The summed E-state index contributed by atoms with van der Waals surface area (Å²) in [5.74, 6) is 3.72. The first-order chi connectivity index (χ1) is 9.86. The fourth-order valence-electron chi connectivity index (χ4n) is 3.77. The Morgan fingerprint density at radius 3 is 2.25 bits per heavy atom. The highest BCUT2D eigenvalue weighted by Gasteiger charge is 2.44. The van der Waals surface area contributed by atoms with E-state index in [-0.39, 0.29) is 0 Å². The monoisotopic (exact) mass is 289 g/mol. The second-order valence-corrected chi connectivity index (χ2v) is 8.60. The van der Waals surface area contributed by atoms with E-state index in [9.17, 15) is 4.79 Å². The van der Waals surface area contributed by atoms with Crippen LogP contribution in [0, 0.1) is 5.92 Å². The molecule has 1 nitrogen and oxygen atoms in total. The SMILES string of the molecule is O=C(c1ccccc1)C(C1CCCCC1)[S+]1CCCC1. The van der Waals surface area contributed by atoms with Crippen LogP contribution in [0.3, 0.4) is 0 Å². The normalized spacial score (nSPS) is 22.8. The highest BCUT2D eigenvalue weighted by Crippen LogP contribution is 2.35. The molecule has 108 valence electrons. The third kappa shape index (κ3) is 3.11. The lowest BCUT2D eigenvalue weighted by atomic mass is 9.84. The van der Waals surface area contributed by atoms with Crippen molar-refractivity contribution < 1.29 is 4.79 Å². The van der Waals surface area contributed by atoms with Crippen LogP contribution in [0.2, 0.25) is 0 Å². The molecule has 2 aliphatic rings. The van der Waals surface area contributed by atoms with E-state index < -0.39 is 0 Å². The van der Waals surface area contributed by atoms with E-state index in [0.29, 0.717) is 27.8 Å². The minimum absolute atomic E-state index is 0.334. The van der Waals surface area contributed by atoms with Crippen molar-refractivity contribution in [3.05, 3.63) is 35.9 Å². The largest absolute Gasteiger partial charge is 0.288 e. The van der Waals surface area contributed by atoms with Gasteiger partial charge in [-0.05, 0) is 36.6 Å². The summed E-state index contributed by atoms with van der Waals surface area (Å²) in [6, 6.07) is 10.0. The quantitative estimate of drug-likeness (QED) is 0.599. The lowest BCUT2D eigenvalue weighted by Gasteiger charge is -2.27. The number of carbonyl (C=O) groups excluding carboxylic acids is 1. The molecular weight excluding hydrogens is 264 g/mol. The zero-order valence-electron chi connectivity index (χ0n) is 12.2. The van der Waals surface area contributed by atoms with Crippen molar-refractivity contribution in [2.24, 2.45) is 5.92 Å². The molecule has 20 heavy (non-hydrogen) atoms. The Hall–Kier alpha value is -0.760. The van der Waals surface area contributed by atoms with Crippen LogP contribution in [-0.4, -0.2) is 22.5 Å². The maximum Gasteiger partial charge on any atom is 0.215 e. The van der Waals surface area contributed by atoms with Crippen LogP contribution in [-0.2, 0) is 10.9 Å². The van der Waals surface area contributed by atoms with Crippen LogP contribution >= 0.6 is 0 Å². The first kappa shape index (κ1) is 14.2. The molecule has 1 aliphatic carbocycles. The fraction of sp³-hybridized carbons (Fsp3) is 0.611. The first-order valence-corrected chi connectivity index (χ1v) is 9.74. The lowest BCUT2D eigenvalue weighted by molar-refractivity contribution is 0.0958. The summed E-state index contributed by atoms with van der Waals surface area (Å²) in [7, 11) is 0.357. The highest BCUT2D eigenvalue weighted by molar-refractivity contribution is 7.98. The van der Waals surface area contributed by atoms with Gasteiger partial charge >= 0.3 is 0 Å². The molecule has 0 aromatic heterocycles. The Balaban J connectivity index is 1.82. The van der Waals surface area contributed by atoms with Gasteiger partial charge in [-0.1, -0.05) is 49.6 Å². The van der Waals surface area contributed by atoms with Crippen molar-refractivity contribution in [1.82, 2.24) is 0 Å². The number of ketones is 1. The number of hydrogen-bond donors (Lipinski definition) is 0. The predicted octanol–water partition coefficient (Wildman–Crippen LogP) is 4.23. The van der Waals surface area contributed by atoms with Gasteiger partial charge in [0.15, 0.2) is 5.25 Å². The van der Waals surface area contributed by atoms with E-state index >= 15 is 0 Å². The average Bonchev–Trinajstić information content (AvgIpc) is 3.03. The van der Waals surface area contributed by atoms with Gasteiger partial charge in [0.05, 0.1) is 0 Å². The van der Waals surface area contributed by atoms with E-state index in [2.05, 4.69) is 0 Å². The second kappa shape index (κ2) is 6.80. The molecule has 1 aromatic rings. The number of hydrogen-bond acceptors (Lipinski definition) is 1. The number of Topliss-reactive ketones (excluding diaryl/α,β-unsaturated/α-hetero) is 1. The van der Waals surface area contributed by atoms with Crippen molar-refractivity contribution in [3.63, 3.8) is 0 Å². The molecule has 1 saturated heterocycles. The highest BCUT2D eigenvalue weighted by atomic mass is 32.2. The molecule has 1 aromatic carbocycles. The van der Waals surface area contributed by atoms with E-state index in [1.807, 2.05) is 30.3 Å². The smallest absolute Gasteiger partial charge is 0.215 e. The molecule has 2 fully saturated rings. The second-order valence-electron chi connectivity index (χ2n) is 6.20. The molecule has 1 unspecified atom stereocenters. The summed E-state index contributed by atoms with van der Waals surface area (Å²) in [5.41, 5.74) is 0.947. The Kier molecular flexibility index (Phi) is 4.82. The van der Waals surface area contributed by atoms with E-state index in [0.717, 1.165) is 5.56 Å². The van der Waals surface area contributed by atoms with Gasteiger partial charge in [0.1, 0.15) is 11.5 Å². The van der Waals surface area contributed by atoms with Gasteiger partial charge in [0.25, 0.3) is 0 Å². The van der Waals surface area contributed by atoms with Crippen LogP contribution in [0.15, 0.2) is 30.3 Å². The van der Waals surface area contributed by atoms with E-state index in [4.69, 9.17) is 0 Å². The van der Waals surface area contributed by atoms with Crippen molar-refractivity contribution in [1.29, 1.82) is 0 Å². The topological polar surface area (TPSA) is 17.1 Å². The molecule has 0 amide bonds. The zero-order chi connectivity index (χ0) is 13.8.